The first kappa shape index (κ1) is 14.5. The standard InChI is InChI=1S/C18H22N4O/c1-3-14-6-7-17(22-11-9-19-10-12-22)21-18(14)16(5-1)23-15-4-2-8-20-13-15/h2,4,6-8,13,16,19H,1,3,5,9-12H2/t16-/m0/s1. The smallest absolute Gasteiger partial charge is 0.141 e. The van der Waals surface area contributed by atoms with Gasteiger partial charge in [0.15, 0.2) is 0 Å². The molecule has 5 nitrogen and oxygen atoms in total. The Labute approximate surface area is 136 Å². The predicted molar refractivity (Wildman–Crippen MR) is 89.9 cm³/mol. The fourth-order valence-electron chi connectivity index (χ4n) is 3.36. The summed E-state index contributed by atoms with van der Waals surface area (Å²) in [6.45, 7) is 4.07. The summed E-state index contributed by atoms with van der Waals surface area (Å²) < 4.78 is 6.17. The molecule has 120 valence electrons. The van der Waals surface area contributed by atoms with E-state index in [1.807, 2.05) is 12.1 Å². The molecule has 0 radical (unpaired) electrons. The first-order valence-corrected chi connectivity index (χ1v) is 8.42. The number of hydrogen-bond acceptors (Lipinski definition) is 5. The van der Waals surface area contributed by atoms with E-state index < -0.39 is 0 Å². The van der Waals surface area contributed by atoms with Crippen LogP contribution >= 0.6 is 0 Å². The molecule has 1 N–H and O–H groups in total. The summed E-state index contributed by atoms with van der Waals surface area (Å²) >= 11 is 0. The molecule has 2 aromatic heterocycles. The van der Waals surface area contributed by atoms with Crippen molar-refractivity contribution in [2.75, 3.05) is 31.1 Å². The van der Waals surface area contributed by atoms with Gasteiger partial charge in [-0.3, -0.25) is 4.98 Å². The van der Waals surface area contributed by atoms with Crippen LogP contribution < -0.4 is 15.0 Å². The van der Waals surface area contributed by atoms with Crippen LogP contribution in [0.5, 0.6) is 5.75 Å². The van der Waals surface area contributed by atoms with Gasteiger partial charge < -0.3 is 15.0 Å². The van der Waals surface area contributed by atoms with Crippen LogP contribution in [0.1, 0.15) is 30.2 Å². The second-order valence-corrected chi connectivity index (χ2v) is 6.14. The van der Waals surface area contributed by atoms with Gasteiger partial charge in [-0.2, -0.15) is 0 Å². The van der Waals surface area contributed by atoms with Crippen molar-refractivity contribution >= 4 is 5.82 Å². The molecule has 4 rings (SSSR count). The maximum atomic E-state index is 6.17. The van der Waals surface area contributed by atoms with Crippen LogP contribution in [-0.2, 0) is 6.42 Å². The van der Waals surface area contributed by atoms with Crippen molar-refractivity contribution in [3.63, 3.8) is 0 Å². The summed E-state index contributed by atoms with van der Waals surface area (Å²) in [7, 11) is 0. The molecule has 23 heavy (non-hydrogen) atoms. The Kier molecular flexibility index (Phi) is 4.11. The molecule has 0 bridgehead atoms. The van der Waals surface area contributed by atoms with Crippen molar-refractivity contribution in [1.82, 2.24) is 15.3 Å². The summed E-state index contributed by atoms with van der Waals surface area (Å²) in [5, 5.41) is 3.39. The van der Waals surface area contributed by atoms with Crippen molar-refractivity contribution in [2.45, 2.75) is 25.4 Å². The van der Waals surface area contributed by atoms with Gasteiger partial charge in [0, 0.05) is 32.4 Å². The van der Waals surface area contributed by atoms with Gasteiger partial charge in [0.05, 0.1) is 11.9 Å². The van der Waals surface area contributed by atoms with Crippen molar-refractivity contribution in [3.05, 3.63) is 47.9 Å². The van der Waals surface area contributed by atoms with Crippen LogP contribution in [0.2, 0.25) is 0 Å². The van der Waals surface area contributed by atoms with Crippen LogP contribution in [0.25, 0.3) is 0 Å². The molecular weight excluding hydrogens is 288 g/mol. The Morgan fingerprint density at radius 2 is 2.09 bits per heavy atom. The molecule has 2 aliphatic rings. The number of pyridine rings is 2. The molecule has 0 saturated carbocycles. The molecule has 1 atom stereocenters. The highest BCUT2D eigenvalue weighted by Crippen LogP contribution is 2.33. The largest absolute Gasteiger partial charge is 0.483 e. The van der Waals surface area contributed by atoms with Crippen molar-refractivity contribution in [3.8, 4) is 5.75 Å². The van der Waals surface area contributed by atoms with E-state index in [9.17, 15) is 0 Å². The van der Waals surface area contributed by atoms with Crippen LogP contribution in [0.15, 0.2) is 36.7 Å². The molecule has 5 heteroatoms. The van der Waals surface area contributed by atoms with Gasteiger partial charge in [-0.1, -0.05) is 6.07 Å². The van der Waals surface area contributed by atoms with Gasteiger partial charge in [0.25, 0.3) is 0 Å². The Balaban J connectivity index is 1.60. The molecule has 1 saturated heterocycles. The average molecular weight is 310 g/mol. The van der Waals surface area contributed by atoms with E-state index in [-0.39, 0.29) is 6.10 Å². The first-order valence-electron chi connectivity index (χ1n) is 8.42. The van der Waals surface area contributed by atoms with E-state index in [1.54, 1.807) is 12.4 Å². The Morgan fingerprint density at radius 3 is 2.91 bits per heavy atom. The summed E-state index contributed by atoms with van der Waals surface area (Å²) in [6, 6.07) is 8.26. The normalized spacial score (nSPS) is 20.9. The number of fused-ring (bicyclic) bond motifs is 1. The zero-order chi connectivity index (χ0) is 15.5. The fourth-order valence-corrected chi connectivity index (χ4v) is 3.36. The lowest BCUT2D eigenvalue weighted by Crippen LogP contribution is -2.44. The third kappa shape index (κ3) is 3.15. The second-order valence-electron chi connectivity index (χ2n) is 6.14. The van der Waals surface area contributed by atoms with Gasteiger partial charge in [-0.25, -0.2) is 4.98 Å². The maximum absolute atomic E-state index is 6.17. The monoisotopic (exact) mass is 310 g/mol. The van der Waals surface area contributed by atoms with E-state index in [1.165, 1.54) is 5.56 Å². The zero-order valence-electron chi connectivity index (χ0n) is 13.2. The number of aryl methyl sites for hydroxylation is 1. The molecule has 2 aromatic rings. The minimum absolute atomic E-state index is 0.0332. The molecule has 1 aliphatic heterocycles. The highest BCUT2D eigenvalue weighted by molar-refractivity contribution is 5.44. The molecule has 0 aromatic carbocycles. The molecule has 1 aliphatic carbocycles. The van der Waals surface area contributed by atoms with Gasteiger partial charge in [-0.05, 0) is 43.0 Å². The van der Waals surface area contributed by atoms with Crippen LogP contribution in [-0.4, -0.2) is 36.1 Å². The van der Waals surface area contributed by atoms with E-state index in [2.05, 4.69) is 27.3 Å². The number of nitrogens with one attached hydrogen (secondary N) is 1. The second kappa shape index (κ2) is 6.54. The number of ether oxygens (including phenoxy) is 1. The van der Waals surface area contributed by atoms with Gasteiger partial charge >= 0.3 is 0 Å². The Hall–Kier alpha value is -2.14. The zero-order valence-corrected chi connectivity index (χ0v) is 13.2. The number of nitrogens with zero attached hydrogens (tertiary/aromatic N) is 3. The molecule has 0 spiro atoms. The third-order valence-corrected chi connectivity index (χ3v) is 4.57. The van der Waals surface area contributed by atoms with E-state index in [0.29, 0.717) is 0 Å². The number of hydrogen-bond donors (Lipinski definition) is 1. The molecule has 0 amide bonds. The minimum Gasteiger partial charge on any atom is -0.483 e. The molecule has 3 heterocycles. The number of rotatable bonds is 3. The van der Waals surface area contributed by atoms with Crippen molar-refractivity contribution in [1.29, 1.82) is 0 Å². The van der Waals surface area contributed by atoms with Gasteiger partial charge in [0.1, 0.15) is 17.7 Å². The number of piperazine rings is 1. The lowest BCUT2D eigenvalue weighted by Gasteiger charge is -2.31. The van der Waals surface area contributed by atoms with Crippen molar-refractivity contribution in [2.24, 2.45) is 0 Å². The van der Waals surface area contributed by atoms with Gasteiger partial charge in [0.2, 0.25) is 0 Å². The summed E-state index contributed by atoms with van der Waals surface area (Å²) in [6.07, 6.45) is 6.83. The predicted octanol–water partition coefficient (Wildman–Crippen LogP) is 2.34. The van der Waals surface area contributed by atoms with Crippen LogP contribution in [0, 0.1) is 0 Å². The summed E-state index contributed by atoms with van der Waals surface area (Å²) in [4.78, 5) is 11.5. The molecule has 0 unspecified atom stereocenters. The van der Waals surface area contributed by atoms with Crippen LogP contribution in [0.4, 0.5) is 5.82 Å². The highest BCUT2D eigenvalue weighted by atomic mass is 16.5. The van der Waals surface area contributed by atoms with Crippen LogP contribution in [0.3, 0.4) is 0 Å². The average Bonchev–Trinajstić information content (AvgIpc) is 2.63. The quantitative estimate of drug-likeness (QED) is 0.943. The van der Waals surface area contributed by atoms with E-state index in [4.69, 9.17) is 9.72 Å². The number of aromatic nitrogens is 2. The summed E-state index contributed by atoms with van der Waals surface area (Å²) in [5.41, 5.74) is 2.43. The lowest BCUT2D eigenvalue weighted by atomic mass is 9.93. The lowest BCUT2D eigenvalue weighted by molar-refractivity contribution is 0.177. The SMILES string of the molecule is c1cncc(O[C@H]2CCCc3ccc(N4CCNCC4)nc32)c1. The number of anilines is 1. The molecular formula is C18H22N4O. The van der Waals surface area contributed by atoms with Crippen molar-refractivity contribution < 1.29 is 4.74 Å². The minimum atomic E-state index is 0.0332. The summed E-state index contributed by atoms with van der Waals surface area (Å²) in [5.74, 6) is 1.90. The third-order valence-electron chi connectivity index (χ3n) is 4.57. The highest BCUT2D eigenvalue weighted by Gasteiger charge is 2.25. The van der Waals surface area contributed by atoms with E-state index >= 15 is 0 Å². The Morgan fingerprint density at radius 1 is 1.17 bits per heavy atom. The molecule has 1 fully saturated rings. The maximum Gasteiger partial charge on any atom is 0.141 e. The Bertz CT molecular complexity index is 655. The topological polar surface area (TPSA) is 50.3 Å². The fraction of sp³-hybridized carbons (Fsp3) is 0.444. The first-order chi connectivity index (χ1) is 11.4. The van der Waals surface area contributed by atoms with E-state index in [0.717, 1.165) is 62.7 Å². The van der Waals surface area contributed by atoms with Gasteiger partial charge in [-0.15, -0.1) is 0 Å².